The molecule has 0 atom stereocenters. The predicted molar refractivity (Wildman–Crippen MR) is 65.7 cm³/mol. The molecule has 1 fully saturated rings. The van der Waals surface area contributed by atoms with E-state index in [-0.39, 0.29) is 0 Å². The van der Waals surface area contributed by atoms with E-state index in [9.17, 15) is 0 Å². The van der Waals surface area contributed by atoms with Crippen molar-refractivity contribution in [1.82, 2.24) is 15.1 Å². The molecular formula is C13H17N3. The number of fused-ring (bicyclic) bond motifs is 1. The molecule has 3 rings (SSSR count). The van der Waals surface area contributed by atoms with Gasteiger partial charge in [0.05, 0.1) is 17.8 Å². The van der Waals surface area contributed by atoms with Crippen LogP contribution in [0, 0.1) is 0 Å². The minimum Gasteiger partial charge on any atom is -0.312 e. The lowest BCUT2D eigenvalue weighted by atomic mass is 10.0. The van der Waals surface area contributed by atoms with Crippen LogP contribution in [0.5, 0.6) is 0 Å². The molecule has 0 amide bonds. The molecule has 1 saturated heterocycles. The quantitative estimate of drug-likeness (QED) is 0.833. The number of nitrogens with zero attached hydrogens (tertiary/aromatic N) is 2. The van der Waals surface area contributed by atoms with Gasteiger partial charge in [-0.3, -0.25) is 4.68 Å². The van der Waals surface area contributed by atoms with Gasteiger partial charge in [0.15, 0.2) is 0 Å². The zero-order valence-electron chi connectivity index (χ0n) is 9.77. The highest BCUT2D eigenvalue weighted by Crippen LogP contribution is 2.24. The molecule has 3 heteroatoms. The lowest BCUT2D eigenvalue weighted by Gasteiger charge is -2.28. The highest BCUT2D eigenvalue weighted by Gasteiger charge is 2.21. The second-order valence-electron chi connectivity index (χ2n) is 4.87. The van der Waals surface area contributed by atoms with Crippen LogP contribution in [-0.2, 0) is 0 Å². The topological polar surface area (TPSA) is 29.9 Å². The summed E-state index contributed by atoms with van der Waals surface area (Å²) >= 11 is 0. The summed E-state index contributed by atoms with van der Waals surface area (Å²) in [6.07, 6.45) is 1.97. The lowest BCUT2D eigenvalue weighted by Crippen LogP contribution is -2.43. The van der Waals surface area contributed by atoms with Gasteiger partial charge in [0.1, 0.15) is 0 Å². The van der Waals surface area contributed by atoms with Gasteiger partial charge in [-0.2, -0.15) is 5.10 Å². The summed E-state index contributed by atoms with van der Waals surface area (Å²) in [5, 5.41) is 9.03. The van der Waals surface area contributed by atoms with E-state index in [1.54, 1.807) is 0 Å². The van der Waals surface area contributed by atoms with Crippen molar-refractivity contribution in [2.45, 2.75) is 25.8 Å². The van der Waals surface area contributed by atoms with Crippen molar-refractivity contribution in [3.05, 3.63) is 30.0 Å². The molecule has 0 spiro atoms. The van der Waals surface area contributed by atoms with Crippen LogP contribution in [0.1, 0.15) is 31.4 Å². The Morgan fingerprint density at radius 1 is 1.38 bits per heavy atom. The Labute approximate surface area is 95.5 Å². The van der Waals surface area contributed by atoms with E-state index in [1.807, 2.05) is 6.20 Å². The molecule has 2 aromatic rings. The number of hydrogen-bond donors (Lipinski definition) is 1. The fraction of sp³-hybridized carbons (Fsp3) is 0.462. The van der Waals surface area contributed by atoms with E-state index in [0.717, 1.165) is 13.1 Å². The van der Waals surface area contributed by atoms with Crippen molar-refractivity contribution in [2.24, 2.45) is 0 Å². The number of hydrogen-bond acceptors (Lipinski definition) is 2. The van der Waals surface area contributed by atoms with Crippen molar-refractivity contribution in [1.29, 1.82) is 0 Å². The second-order valence-corrected chi connectivity index (χ2v) is 4.87. The van der Waals surface area contributed by atoms with E-state index in [4.69, 9.17) is 0 Å². The molecule has 0 saturated carbocycles. The first-order valence-corrected chi connectivity index (χ1v) is 5.93. The van der Waals surface area contributed by atoms with Gasteiger partial charge in [0.25, 0.3) is 0 Å². The van der Waals surface area contributed by atoms with Crippen molar-refractivity contribution in [3.8, 4) is 0 Å². The highest BCUT2D eigenvalue weighted by atomic mass is 15.3. The Morgan fingerprint density at radius 2 is 2.19 bits per heavy atom. The van der Waals surface area contributed by atoms with E-state index in [1.165, 1.54) is 16.5 Å². The van der Waals surface area contributed by atoms with Crippen LogP contribution in [0.4, 0.5) is 0 Å². The number of benzene rings is 1. The van der Waals surface area contributed by atoms with Crippen LogP contribution in [0.2, 0.25) is 0 Å². The highest BCUT2D eigenvalue weighted by molar-refractivity contribution is 5.79. The van der Waals surface area contributed by atoms with E-state index >= 15 is 0 Å². The summed E-state index contributed by atoms with van der Waals surface area (Å²) in [5.74, 6) is 0.576. The Hall–Kier alpha value is -1.35. The van der Waals surface area contributed by atoms with Crippen molar-refractivity contribution in [2.75, 3.05) is 13.1 Å². The minimum atomic E-state index is 0.542. The van der Waals surface area contributed by atoms with Crippen LogP contribution < -0.4 is 5.32 Å². The molecule has 0 aliphatic carbocycles. The minimum absolute atomic E-state index is 0.542. The van der Waals surface area contributed by atoms with Gasteiger partial charge < -0.3 is 5.32 Å². The third kappa shape index (κ3) is 1.43. The van der Waals surface area contributed by atoms with Crippen LogP contribution in [0.15, 0.2) is 24.4 Å². The van der Waals surface area contributed by atoms with Gasteiger partial charge in [0.2, 0.25) is 0 Å². The molecule has 1 aromatic heterocycles. The molecule has 0 unspecified atom stereocenters. The van der Waals surface area contributed by atoms with Gasteiger partial charge in [-0.05, 0) is 17.5 Å². The maximum atomic E-state index is 4.49. The zero-order chi connectivity index (χ0) is 11.1. The van der Waals surface area contributed by atoms with Crippen LogP contribution >= 0.6 is 0 Å². The van der Waals surface area contributed by atoms with Gasteiger partial charge in [-0.15, -0.1) is 0 Å². The average molecular weight is 215 g/mol. The third-order valence-corrected chi connectivity index (χ3v) is 3.40. The molecule has 1 aliphatic heterocycles. The summed E-state index contributed by atoms with van der Waals surface area (Å²) in [7, 11) is 0. The summed E-state index contributed by atoms with van der Waals surface area (Å²) in [6.45, 7) is 6.55. The monoisotopic (exact) mass is 215 g/mol. The summed E-state index contributed by atoms with van der Waals surface area (Å²) in [5.41, 5.74) is 2.67. The van der Waals surface area contributed by atoms with Gasteiger partial charge in [-0.1, -0.05) is 26.0 Å². The van der Waals surface area contributed by atoms with Crippen molar-refractivity contribution < 1.29 is 0 Å². The third-order valence-electron chi connectivity index (χ3n) is 3.40. The Bertz CT molecular complexity index is 509. The first-order valence-electron chi connectivity index (χ1n) is 5.93. The lowest BCUT2D eigenvalue weighted by molar-refractivity contribution is 0.326. The molecule has 2 heterocycles. The number of nitrogens with one attached hydrogen (secondary N) is 1. The Kier molecular flexibility index (Phi) is 2.21. The van der Waals surface area contributed by atoms with Crippen LogP contribution in [0.3, 0.4) is 0 Å². The van der Waals surface area contributed by atoms with Gasteiger partial charge in [-0.25, -0.2) is 0 Å². The van der Waals surface area contributed by atoms with Crippen LogP contribution in [-0.4, -0.2) is 22.9 Å². The van der Waals surface area contributed by atoms with E-state index in [2.05, 4.69) is 47.1 Å². The van der Waals surface area contributed by atoms with Crippen molar-refractivity contribution in [3.63, 3.8) is 0 Å². The molecule has 3 nitrogen and oxygen atoms in total. The molecule has 1 N–H and O–H groups in total. The molecule has 1 aromatic carbocycles. The first kappa shape index (κ1) is 9.85. The first-order chi connectivity index (χ1) is 7.75. The van der Waals surface area contributed by atoms with Crippen LogP contribution in [0.25, 0.3) is 10.9 Å². The molecule has 16 heavy (non-hydrogen) atoms. The Balaban J connectivity index is 2.11. The summed E-state index contributed by atoms with van der Waals surface area (Å²) in [4.78, 5) is 0. The normalized spacial score (nSPS) is 16.9. The average Bonchev–Trinajstić information content (AvgIpc) is 2.59. The van der Waals surface area contributed by atoms with Gasteiger partial charge >= 0.3 is 0 Å². The zero-order valence-corrected chi connectivity index (χ0v) is 9.77. The summed E-state index contributed by atoms with van der Waals surface area (Å²) < 4.78 is 2.16. The van der Waals surface area contributed by atoms with Crippen molar-refractivity contribution >= 4 is 10.9 Å². The molecule has 0 radical (unpaired) electrons. The molecule has 84 valence electrons. The molecule has 0 bridgehead atoms. The number of aromatic nitrogens is 2. The fourth-order valence-electron chi connectivity index (χ4n) is 2.15. The Morgan fingerprint density at radius 3 is 2.81 bits per heavy atom. The SMILES string of the molecule is CC(C)c1ccc2cnn(C3CNC3)c2c1. The molecular weight excluding hydrogens is 198 g/mol. The standard InChI is InChI=1S/C13H17N3/c1-9(2)10-3-4-11-6-15-16(13(11)5-10)12-7-14-8-12/h3-6,9,12,14H,7-8H2,1-2H3. The fourth-order valence-corrected chi connectivity index (χ4v) is 2.15. The maximum Gasteiger partial charge on any atom is 0.0774 e. The van der Waals surface area contributed by atoms with E-state index < -0.39 is 0 Å². The second kappa shape index (κ2) is 3.59. The maximum absolute atomic E-state index is 4.49. The van der Waals surface area contributed by atoms with Gasteiger partial charge in [0, 0.05) is 18.5 Å². The number of rotatable bonds is 2. The smallest absolute Gasteiger partial charge is 0.0774 e. The molecule has 1 aliphatic rings. The predicted octanol–water partition coefficient (Wildman–Crippen LogP) is 2.30. The largest absolute Gasteiger partial charge is 0.312 e. The summed E-state index contributed by atoms with van der Waals surface area (Å²) in [6, 6.07) is 7.21. The van der Waals surface area contributed by atoms with E-state index in [0.29, 0.717) is 12.0 Å².